The molecule has 0 bridgehead atoms. The number of ether oxygens (including phenoxy) is 7. The predicted octanol–water partition coefficient (Wildman–Crippen LogP) is 26.3. The molecule has 20 heteroatoms. The third-order valence-electron chi connectivity index (χ3n) is 24.8. The zero-order chi connectivity index (χ0) is 91.5. The van der Waals surface area contributed by atoms with Gasteiger partial charge in [0.2, 0.25) is 11.6 Å². The van der Waals surface area contributed by atoms with Gasteiger partial charge in [0.05, 0.1) is 79.4 Å². The molecule has 0 saturated carbocycles. The van der Waals surface area contributed by atoms with Gasteiger partial charge in [0.15, 0.2) is 0 Å². The van der Waals surface area contributed by atoms with Crippen molar-refractivity contribution in [2.75, 3.05) is 6.61 Å². The van der Waals surface area contributed by atoms with Gasteiger partial charge in [0.25, 0.3) is 0 Å². The highest BCUT2D eigenvalue weighted by Gasteiger charge is 2.45. The van der Waals surface area contributed by atoms with Gasteiger partial charge < -0.3 is 53.6 Å². The number of halogens is 3. The van der Waals surface area contributed by atoms with Crippen LogP contribution in [0.5, 0.6) is 5.75 Å². The van der Waals surface area contributed by atoms with Crippen molar-refractivity contribution in [3.05, 3.63) is 381 Å². The number of carbonyl (C=O) groups excluding carboxylic acids is 2. The van der Waals surface area contributed by atoms with E-state index in [9.17, 15) is 30.0 Å². The van der Waals surface area contributed by atoms with E-state index in [1.54, 1.807) is 18.3 Å². The van der Waals surface area contributed by atoms with Crippen molar-refractivity contribution in [1.29, 1.82) is 0 Å². The maximum absolute atomic E-state index is 13.9. The van der Waals surface area contributed by atoms with Crippen LogP contribution < -0.4 is 0 Å². The van der Waals surface area contributed by atoms with Crippen LogP contribution in [0.3, 0.4) is 0 Å². The maximum atomic E-state index is 13.9. The number of hydrogen-bond acceptors (Lipinski definition) is 16. The molecule has 13 nitrogen and oxygen atoms in total. The number of carbonyl (C=O) groups is 2. The summed E-state index contributed by atoms with van der Waals surface area (Å²) in [6.45, 7) is 27.3. The fraction of sp³-hybridized carbons (Fsp3) is 0.321. The Balaban J connectivity index is 0.000000155. The molecule has 0 amide bonds. The predicted molar refractivity (Wildman–Crippen MR) is 530 cm³/mol. The number of benzene rings is 11. The summed E-state index contributed by atoms with van der Waals surface area (Å²) in [5.41, 5.74) is 21.7. The summed E-state index contributed by atoms with van der Waals surface area (Å²) in [5, 5.41) is 43.7. The zero-order valence-electron chi connectivity index (χ0n) is 75.4. The fourth-order valence-corrected chi connectivity index (χ4v) is 20.3. The van der Waals surface area contributed by atoms with E-state index in [4.69, 9.17) is 67.5 Å². The summed E-state index contributed by atoms with van der Waals surface area (Å²) in [5.74, 6) is -0.277. The van der Waals surface area contributed by atoms with E-state index in [-0.39, 0.29) is 84.7 Å². The van der Waals surface area contributed by atoms with Crippen molar-refractivity contribution in [1.82, 2.24) is 0 Å². The van der Waals surface area contributed by atoms with E-state index in [2.05, 4.69) is 209 Å². The van der Waals surface area contributed by atoms with E-state index < -0.39 is 29.4 Å². The molecule has 0 radical (unpaired) electrons. The van der Waals surface area contributed by atoms with Gasteiger partial charge in [-0.25, -0.2) is 0 Å². The van der Waals surface area contributed by atoms with Crippen LogP contribution in [0.2, 0.25) is 0 Å². The molecular formula is C109H116BCl3O13S3. The van der Waals surface area contributed by atoms with Crippen LogP contribution in [0.4, 0.5) is 0 Å². The van der Waals surface area contributed by atoms with Crippen LogP contribution in [0, 0.1) is 69.2 Å². The van der Waals surface area contributed by atoms with Gasteiger partial charge in [-0.2, -0.15) is 34.4 Å². The van der Waals surface area contributed by atoms with Crippen LogP contribution >= 0.6 is 68.4 Å². The van der Waals surface area contributed by atoms with Crippen LogP contribution in [-0.2, 0) is 66.0 Å². The number of phenols is 1. The standard InChI is InChI=1S/C38H38O4S.C38H40O3S.C22H22O6S.C11H16.BCl3/c1-4-30-21-33(40-23-27-13-7-5-8-14-27)38(41-24-28-15-9-6-10-16-28)37(42-30)32-22-31(25(2)19-26(32)3)36(39)35-20-29-17-11-12-18-34(29)43-35;1-4-32-23-35(39-24-28-13-7-5-8-14-28)38(40-25-29-15-9-6-10-16-29)37(41-32)34-22-31(26(2)19-27(34)3)21-33-20-30-17-11-12-18-36(30)42-33;1-11-6-16(24)15(22-21(27)17(25)8-13(10-23)28-22)9-14(11)20(26)19-7-12-4-2-3-5-18(12)29-19;1-7-6-8(2)10(4)11(5)9(7)3;2-1(3)4/h5-20,22,30,33,37-38H,4,21,23-24H2,1-3H3;5-20,22,32,35,37-38H,4,21,23-25H2,1-3H3;2-7,9,13,17,21-25,27H,8,10H2,1H3;6H,1-5H3;/t30-,33+,37+,38-;32-,35+,37+,38-;13-,17-,21+,22-;;/m110../s1. The van der Waals surface area contributed by atoms with Crippen LogP contribution in [0.1, 0.15) is 200 Å². The summed E-state index contributed by atoms with van der Waals surface area (Å²) in [4.78, 5) is 29.1. The number of thiophene rings is 3. The van der Waals surface area contributed by atoms with Gasteiger partial charge in [-0.3, -0.25) is 9.59 Å². The zero-order valence-corrected chi connectivity index (χ0v) is 80.1. The lowest BCUT2D eigenvalue weighted by Crippen LogP contribution is -2.46. The molecule has 0 unspecified atom stereocenters. The molecule has 672 valence electrons. The number of hydrogen-bond donors (Lipinski definition) is 4. The number of aryl methyl sites for hydroxylation is 7. The van der Waals surface area contributed by atoms with E-state index in [0.717, 1.165) is 90.5 Å². The summed E-state index contributed by atoms with van der Waals surface area (Å²) in [6.07, 6.45) is -1.01. The first kappa shape index (κ1) is 97.5. The van der Waals surface area contributed by atoms with Gasteiger partial charge in [-0.15, -0.1) is 34.0 Å². The molecule has 3 aliphatic heterocycles. The van der Waals surface area contributed by atoms with Crippen molar-refractivity contribution < 1.29 is 63.2 Å². The Morgan fingerprint density at radius 1 is 0.395 bits per heavy atom. The smallest absolute Gasteiger partial charge is 0.450 e. The Labute approximate surface area is 786 Å². The molecule has 11 aromatic carbocycles. The van der Waals surface area contributed by atoms with E-state index >= 15 is 0 Å². The third-order valence-corrected chi connectivity index (χ3v) is 28.2. The Bertz CT molecular complexity index is 5920. The monoisotopic (exact) mass is 1840 g/mol. The number of aromatic hydroxyl groups is 1. The number of aliphatic hydroxyl groups excluding tert-OH is 3. The largest absolute Gasteiger partial charge is 0.508 e. The molecule has 6 heterocycles. The molecule has 14 aromatic rings. The van der Waals surface area contributed by atoms with Gasteiger partial charge >= 0.3 is 4.96 Å². The Kier molecular flexibility index (Phi) is 35.0. The minimum Gasteiger partial charge on any atom is -0.508 e. The molecule has 129 heavy (non-hydrogen) atoms. The lowest BCUT2D eigenvalue weighted by atomic mass is 9.87. The highest BCUT2D eigenvalue weighted by molar-refractivity contribution is 7.54. The van der Waals surface area contributed by atoms with E-state index in [1.807, 2.05) is 121 Å². The molecule has 17 rings (SSSR count). The topological polar surface area (TPSA) is 180 Å². The number of fused-ring (bicyclic) bond motifs is 3. The summed E-state index contributed by atoms with van der Waals surface area (Å²) in [6, 6.07) is 86.1. The van der Waals surface area contributed by atoms with Gasteiger partial charge in [-0.05, 0) is 247 Å². The first-order valence-corrected chi connectivity index (χ1v) is 48.1. The van der Waals surface area contributed by atoms with Gasteiger partial charge in [0.1, 0.15) is 42.4 Å². The van der Waals surface area contributed by atoms with E-state index in [1.165, 1.54) is 94.1 Å². The minimum atomic E-state index is -1.28. The van der Waals surface area contributed by atoms with Gasteiger partial charge in [-0.1, -0.05) is 214 Å². The summed E-state index contributed by atoms with van der Waals surface area (Å²) < 4.78 is 49.6. The van der Waals surface area contributed by atoms with Crippen molar-refractivity contribution >= 4 is 115 Å². The average molecular weight is 1850 g/mol. The van der Waals surface area contributed by atoms with Crippen molar-refractivity contribution in [3.8, 4) is 5.75 Å². The highest BCUT2D eigenvalue weighted by Crippen LogP contribution is 2.45. The molecule has 0 spiro atoms. The second kappa shape index (κ2) is 46.4. The molecule has 3 saturated heterocycles. The second-order valence-corrected chi connectivity index (χ2v) is 39.2. The number of aliphatic hydroxyl groups is 3. The summed E-state index contributed by atoms with van der Waals surface area (Å²) >= 11 is 19.2. The van der Waals surface area contributed by atoms with Crippen molar-refractivity contribution in [2.24, 2.45) is 0 Å². The Hall–Kier alpha value is -9.03. The first-order valence-electron chi connectivity index (χ1n) is 44.3. The van der Waals surface area contributed by atoms with E-state index in [0.29, 0.717) is 48.0 Å². The number of ketones is 2. The molecule has 3 fully saturated rings. The second-order valence-electron chi connectivity index (χ2n) is 33.9. The van der Waals surface area contributed by atoms with Gasteiger partial charge in [0, 0.05) is 61.4 Å². The minimum absolute atomic E-state index is 0.0183. The molecule has 3 aromatic heterocycles. The van der Waals surface area contributed by atoms with Crippen molar-refractivity contribution in [2.45, 2.75) is 221 Å². The van der Waals surface area contributed by atoms with Crippen LogP contribution in [0.25, 0.3) is 30.3 Å². The Morgan fingerprint density at radius 2 is 0.760 bits per heavy atom. The molecule has 12 atom stereocenters. The van der Waals surface area contributed by atoms with Crippen LogP contribution in [0.15, 0.2) is 255 Å². The lowest BCUT2D eigenvalue weighted by molar-refractivity contribution is -0.211. The Morgan fingerprint density at radius 3 is 1.18 bits per heavy atom. The SMILES string of the molecule is CC[C@@H]1C[C@H](OCc2ccccc2)[C@@H](OCc2ccccc2)[C@H](c2cc(C(=O)c3cc4ccccc4s3)c(C)cc2C)O1.CC[C@@H]1C[C@H](OCc2ccccc2)[C@@H](OCc2ccccc2)[C@H](c2cc(Cc3cc4ccccc4s3)c(C)cc2C)O1.Cc1cc(C)c(C)c(C)c1C.Cc1cc(O)c([C@@H]2O[C@H](CO)C[C@H](O)[C@H]2O)cc1C(=O)c1cc2ccccc2s1.ClB(Cl)Cl. The quantitative estimate of drug-likeness (QED) is 0.0332. The van der Waals surface area contributed by atoms with Crippen LogP contribution in [-0.4, -0.2) is 98.5 Å². The fourth-order valence-electron chi connectivity index (χ4n) is 17.2. The third kappa shape index (κ3) is 25.2. The molecular weight excluding hydrogens is 1730 g/mol. The lowest BCUT2D eigenvalue weighted by Gasteiger charge is -2.42. The normalized spacial score (nSPS) is 20.1. The number of phenolic OH excluding ortho intramolecular Hbond substituents is 1. The molecule has 0 aliphatic carbocycles. The first-order chi connectivity index (χ1) is 62.2. The number of rotatable bonds is 24. The summed E-state index contributed by atoms with van der Waals surface area (Å²) in [7, 11) is 0. The average Bonchev–Trinajstić information content (AvgIpc) is 1.73. The van der Waals surface area contributed by atoms with Crippen molar-refractivity contribution in [3.63, 3.8) is 0 Å². The molecule has 3 aliphatic rings. The highest BCUT2D eigenvalue weighted by atomic mass is 35.6. The maximum Gasteiger partial charge on any atom is 0.450 e. The molecule has 4 N–H and O–H groups in total.